The summed E-state index contributed by atoms with van der Waals surface area (Å²) in [4.78, 5) is 27.8. The zero-order valence-electron chi connectivity index (χ0n) is 18.0. The van der Waals surface area contributed by atoms with E-state index in [1.54, 1.807) is 0 Å². The van der Waals surface area contributed by atoms with Crippen molar-refractivity contribution in [3.05, 3.63) is 35.4 Å². The van der Waals surface area contributed by atoms with Crippen LogP contribution in [0.25, 0.3) is 0 Å². The van der Waals surface area contributed by atoms with E-state index >= 15 is 0 Å². The Kier molecular flexibility index (Phi) is 7.57. The molecule has 1 saturated carbocycles. The molecule has 5 heteroatoms. The van der Waals surface area contributed by atoms with Crippen LogP contribution in [0.15, 0.2) is 24.3 Å². The Morgan fingerprint density at radius 3 is 2.62 bits per heavy atom. The van der Waals surface area contributed by atoms with Crippen LogP contribution in [-0.4, -0.2) is 35.6 Å². The number of benzene rings is 1. The van der Waals surface area contributed by atoms with E-state index in [-0.39, 0.29) is 24.5 Å². The van der Waals surface area contributed by atoms with Gasteiger partial charge in [-0.2, -0.15) is 0 Å². The summed E-state index contributed by atoms with van der Waals surface area (Å²) < 4.78 is 5.22. The van der Waals surface area contributed by atoms with Crippen LogP contribution in [0.5, 0.6) is 0 Å². The standard InChI is InChI=1S/C24H36N2O3/c1-3-29-22(27)18-24(14-7-5-8-15-24)25-23(28)26-16-9-4-6-13-21(26)20-12-10-11-19(2)17-20/h10-12,17,21H,3-9,13-16,18H2,1-2H3,(H,25,28)/t21-/m1/s1. The Morgan fingerprint density at radius 1 is 1.14 bits per heavy atom. The normalized spacial score (nSPS) is 21.9. The first-order chi connectivity index (χ1) is 14.0. The molecule has 1 atom stereocenters. The third-order valence-electron chi connectivity index (χ3n) is 6.41. The summed E-state index contributed by atoms with van der Waals surface area (Å²) in [6.45, 7) is 5.07. The molecule has 0 aromatic heterocycles. The number of amides is 2. The van der Waals surface area contributed by atoms with Crippen LogP contribution in [0.3, 0.4) is 0 Å². The quantitative estimate of drug-likeness (QED) is 0.684. The lowest BCUT2D eigenvalue weighted by Crippen LogP contribution is -2.55. The predicted octanol–water partition coefficient (Wildman–Crippen LogP) is 5.28. The monoisotopic (exact) mass is 400 g/mol. The first kappa shape index (κ1) is 21.7. The van der Waals surface area contributed by atoms with Crippen molar-refractivity contribution in [1.82, 2.24) is 10.2 Å². The number of carbonyl (C=O) groups excluding carboxylic acids is 2. The average molecular weight is 401 g/mol. The number of carbonyl (C=O) groups is 2. The number of aryl methyl sites for hydroxylation is 1. The molecule has 1 aliphatic carbocycles. The lowest BCUT2D eigenvalue weighted by atomic mass is 9.79. The average Bonchev–Trinajstić information content (AvgIpc) is 2.95. The van der Waals surface area contributed by atoms with Gasteiger partial charge in [0, 0.05) is 6.54 Å². The lowest BCUT2D eigenvalue weighted by Gasteiger charge is -2.40. The molecule has 2 fully saturated rings. The molecule has 1 aromatic carbocycles. The molecule has 29 heavy (non-hydrogen) atoms. The second-order valence-electron chi connectivity index (χ2n) is 8.73. The van der Waals surface area contributed by atoms with E-state index in [4.69, 9.17) is 4.74 Å². The van der Waals surface area contributed by atoms with E-state index in [0.717, 1.165) is 64.3 Å². The number of esters is 1. The molecule has 1 heterocycles. The van der Waals surface area contributed by atoms with Crippen molar-refractivity contribution < 1.29 is 14.3 Å². The highest BCUT2D eigenvalue weighted by Gasteiger charge is 2.38. The van der Waals surface area contributed by atoms with E-state index in [2.05, 4.69) is 36.5 Å². The summed E-state index contributed by atoms with van der Waals surface area (Å²) in [5.74, 6) is -0.208. The van der Waals surface area contributed by atoms with Gasteiger partial charge in [-0.25, -0.2) is 4.79 Å². The lowest BCUT2D eigenvalue weighted by molar-refractivity contribution is -0.145. The maximum absolute atomic E-state index is 13.5. The Bertz CT molecular complexity index is 697. The topological polar surface area (TPSA) is 58.6 Å². The fraction of sp³-hybridized carbons (Fsp3) is 0.667. The molecule has 1 saturated heterocycles. The molecule has 2 amide bonds. The minimum atomic E-state index is -0.467. The third-order valence-corrected chi connectivity index (χ3v) is 6.41. The molecule has 2 aliphatic rings. The van der Waals surface area contributed by atoms with E-state index in [0.29, 0.717) is 6.61 Å². The number of rotatable bonds is 5. The van der Waals surface area contributed by atoms with Gasteiger partial charge < -0.3 is 15.0 Å². The highest BCUT2D eigenvalue weighted by molar-refractivity contribution is 5.78. The Hall–Kier alpha value is -2.04. The molecule has 5 nitrogen and oxygen atoms in total. The minimum absolute atomic E-state index is 0.0235. The van der Waals surface area contributed by atoms with Crippen molar-refractivity contribution in [3.8, 4) is 0 Å². The first-order valence-corrected chi connectivity index (χ1v) is 11.3. The van der Waals surface area contributed by atoms with Crippen LogP contribution in [0.2, 0.25) is 0 Å². The van der Waals surface area contributed by atoms with E-state index < -0.39 is 5.54 Å². The highest BCUT2D eigenvalue weighted by atomic mass is 16.5. The number of nitrogens with zero attached hydrogens (tertiary/aromatic N) is 1. The summed E-state index contributed by atoms with van der Waals surface area (Å²) >= 11 is 0. The molecule has 0 bridgehead atoms. The van der Waals surface area contributed by atoms with Crippen LogP contribution in [0, 0.1) is 6.92 Å². The molecule has 0 spiro atoms. The van der Waals surface area contributed by atoms with Crippen LogP contribution in [-0.2, 0) is 9.53 Å². The molecule has 0 unspecified atom stereocenters. The van der Waals surface area contributed by atoms with Gasteiger partial charge in [0.05, 0.1) is 24.6 Å². The molecule has 3 rings (SSSR count). The molecule has 0 radical (unpaired) electrons. The van der Waals surface area contributed by atoms with Gasteiger partial charge in [0.15, 0.2) is 0 Å². The van der Waals surface area contributed by atoms with Crippen LogP contribution >= 0.6 is 0 Å². The third kappa shape index (κ3) is 5.74. The molecule has 1 aliphatic heterocycles. The Balaban J connectivity index is 1.79. The van der Waals surface area contributed by atoms with Gasteiger partial charge in [-0.1, -0.05) is 61.9 Å². The smallest absolute Gasteiger partial charge is 0.318 e. The minimum Gasteiger partial charge on any atom is -0.466 e. The highest BCUT2D eigenvalue weighted by Crippen LogP contribution is 2.34. The summed E-state index contributed by atoms with van der Waals surface area (Å²) in [6.07, 6.45) is 9.52. The molecule has 1 aromatic rings. The number of hydrogen-bond acceptors (Lipinski definition) is 3. The number of urea groups is 1. The second-order valence-corrected chi connectivity index (χ2v) is 8.73. The first-order valence-electron chi connectivity index (χ1n) is 11.3. The number of likely N-dealkylation sites (tertiary alicyclic amines) is 1. The second kappa shape index (κ2) is 10.1. The molecule has 1 N–H and O–H groups in total. The van der Waals surface area contributed by atoms with Crippen LogP contribution in [0.4, 0.5) is 4.79 Å². The van der Waals surface area contributed by atoms with Crippen molar-refractivity contribution >= 4 is 12.0 Å². The number of nitrogens with one attached hydrogen (secondary N) is 1. The van der Waals surface area contributed by atoms with Gasteiger partial charge in [0.1, 0.15) is 0 Å². The van der Waals surface area contributed by atoms with Gasteiger partial charge in [-0.05, 0) is 45.1 Å². The number of hydrogen-bond donors (Lipinski definition) is 1. The Labute approximate surface area is 175 Å². The van der Waals surface area contributed by atoms with Gasteiger partial charge in [-0.15, -0.1) is 0 Å². The molecule has 160 valence electrons. The fourth-order valence-electron chi connectivity index (χ4n) is 4.94. The number of ether oxygens (including phenoxy) is 1. The van der Waals surface area contributed by atoms with Gasteiger partial charge in [0.2, 0.25) is 0 Å². The van der Waals surface area contributed by atoms with E-state index in [1.165, 1.54) is 11.1 Å². The summed E-state index contributed by atoms with van der Waals surface area (Å²) in [6, 6.07) is 8.59. The largest absolute Gasteiger partial charge is 0.466 e. The van der Waals surface area contributed by atoms with Crippen molar-refractivity contribution in [3.63, 3.8) is 0 Å². The van der Waals surface area contributed by atoms with E-state index in [1.807, 2.05) is 11.8 Å². The van der Waals surface area contributed by atoms with Crippen molar-refractivity contribution in [2.75, 3.05) is 13.2 Å². The van der Waals surface area contributed by atoms with Crippen molar-refractivity contribution in [2.45, 2.75) is 89.6 Å². The maximum Gasteiger partial charge on any atom is 0.318 e. The zero-order valence-corrected chi connectivity index (χ0v) is 18.0. The summed E-state index contributed by atoms with van der Waals surface area (Å²) in [5, 5.41) is 3.32. The van der Waals surface area contributed by atoms with Gasteiger partial charge in [-0.3, -0.25) is 4.79 Å². The fourth-order valence-corrected chi connectivity index (χ4v) is 4.94. The zero-order chi connectivity index (χ0) is 20.7. The van der Waals surface area contributed by atoms with Crippen LogP contribution in [0.1, 0.15) is 88.3 Å². The van der Waals surface area contributed by atoms with Gasteiger partial charge >= 0.3 is 12.0 Å². The predicted molar refractivity (Wildman–Crippen MR) is 115 cm³/mol. The molecular weight excluding hydrogens is 364 g/mol. The molecular formula is C24H36N2O3. The van der Waals surface area contributed by atoms with Crippen molar-refractivity contribution in [1.29, 1.82) is 0 Å². The maximum atomic E-state index is 13.5. The van der Waals surface area contributed by atoms with Crippen molar-refractivity contribution in [2.24, 2.45) is 0 Å². The SMILES string of the molecule is CCOC(=O)CC1(NC(=O)N2CCCCC[C@@H]2c2cccc(C)c2)CCCCC1. The summed E-state index contributed by atoms with van der Waals surface area (Å²) in [5.41, 5.74) is 1.97. The van der Waals surface area contributed by atoms with Gasteiger partial charge in [0.25, 0.3) is 0 Å². The van der Waals surface area contributed by atoms with E-state index in [9.17, 15) is 9.59 Å². The van der Waals surface area contributed by atoms with Crippen LogP contribution < -0.4 is 5.32 Å². The Morgan fingerprint density at radius 2 is 1.90 bits per heavy atom. The summed E-state index contributed by atoms with van der Waals surface area (Å²) in [7, 11) is 0.